The van der Waals surface area contributed by atoms with Crippen LogP contribution in [0.3, 0.4) is 0 Å². The third kappa shape index (κ3) is 1.26. The number of aromatic nitrogens is 4. The maximum absolute atomic E-state index is 3.62. The summed E-state index contributed by atoms with van der Waals surface area (Å²) in [5.74, 6) is 0.833. The van der Waals surface area contributed by atoms with E-state index in [1.807, 2.05) is 6.92 Å². The van der Waals surface area contributed by atoms with Gasteiger partial charge in [0.15, 0.2) is 0 Å². The highest BCUT2D eigenvalue weighted by Crippen LogP contribution is 1.78. The van der Waals surface area contributed by atoms with Gasteiger partial charge in [0.25, 0.3) is 0 Å². The average molecular weight is 179 g/mol. The molecule has 5 heteroatoms. The van der Waals surface area contributed by atoms with Gasteiger partial charge in [-0.3, -0.25) is 0 Å². The van der Waals surface area contributed by atoms with E-state index >= 15 is 0 Å². The summed E-state index contributed by atoms with van der Waals surface area (Å²) in [5.41, 5.74) is 0. The predicted octanol–water partition coefficient (Wildman–Crippen LogP) is 0.0964. The van der Waals surface area contributed by atoms with Crippen molar-refractivity contribution in [2.75, 3.05) is 0 Å². The lowest BCUT2D eigenvalue weighted by Crippen LogP contribution is -1.92. The molecule has 0 unspecified atom stereocenters. The molecule has 1 aromatic rings. The van der Waals surface area contributed by atoms with E-state index in [1.165, 1.54) is 0 Å². The number of tetrazole rings is 1. The van der Waals surface area contributed by atoms with E-state index in [1.54, 1.807) is 11.7 Å². The summed E-state index contributed by atoms with van der Waals surface area (Å²) in [5, 5.41) is 10.6. The molecule has 1 heterocycles. The Morgan fingerprint density at radius 3 is 2.25 bits per heavy atom. The Labute approximate surface area is 57.7 Å². The highest BCUT2D eigenvalue weighted by molar-refractivity contribution is 8.93. The van der Waals surface area contributed by atoms with Crippen molar-refractivity contribution in [3.63, 3.8) is 0 Å². The van der Waals surface area contributed by atoms with E-state index in [9.17, 15) is 0 Å². The van der Waals surface area contributed by atoms with Crippen LogP contribution in [0.1, 0.15) is 5.82 Å². The minimum atomic E-state index is 0. The van der Waals surface area contributed by atoms with Gasteiger partial charge in [-0.15, -0.1) is 22.1 Å². The third-order valence-corrected chi connectivity index (χ3v) is 0.832. The maximum atomic E-state index is 3.62. The van der Waals surface area contributed by atoms with Gasteiger partial charge in [0, 0.05) is 7.05 Å². The molecule has 0 bridgehead atoms. The second-order valence-electron chi connectivity index (χ2n) is 1.35. The van der Waals surface area contributed by atoms with Crippen LogP contribution in [0.25, 0.3) is 0 Å². The molecule has 0 spiro atoms. The molecule has 0 fully saturated rings. The van der Waals surface area contributed by atoms with Gasteiger partial charge in [0.05, 0.1) is 0 Å². The standard InChI is InChI=1S/C3H6N4.BrH/c1-3-4-5-6-7(3)2;/h1-2H3;1H. The minimum absolute atomic E-state index is 0. The zero-order valence-corrected chi connectivity index (χ0v) is 6.41. The molecule has 0 atom stereocenters. The van der Waals surface area contributed by atoms with Crippen molar-refractivity contribution in [1.82, 2.24) is 20.2 Å². The van der Waals surface area contributed by atoms with Crippen LogP contribution in [-0.4, -0.2) is 20.2 Å². The third-order valence-electron chi connectivity index (χ3n) is 0.832. The molecule has 0 N–H and O–H groups in total. The molecule has 0 aliphatic carbocycles. The van der Waals surface area contributed by atoms with Crippen LogP contribution in [-0.2, 0) is 7.05 Å². The van der Waals surface area contributed by atoms with Crippen LogP contribution in [0.15, 0.2) is 0 Å². The van der Waals surface area contributed by atoms with Gasteiger partial charge in [0.2, 0.25) is 0 Å². The van der Waals surface area contributed by atoms with Crippen LogP contribution in [0.2, 0.25) is 0 Å². The topological polar surface area (TPSA) is 43.6 Å². The largest absolute Gasteiger partial charge is 0.233 e. The summed E-state index contributed by atoms with van der Waals surface area (Å²) < 4.78 is 1.61. The van der Waals surface area contributed by atoms with Gasteiger partial charge in [-0.1, -0.05) is 0 Å². The Morgan fingerprint density at radius 2 is 2.12 bits per heavy atom. The fraction of sp³-hybridized carbons (Fsp3) is 0.667. The fourth-order valence-electron chi connectivity index (χ4n) is 0.274. The van der Waals surface area contributed by atoms with Gasteiger partial charge >= 0.3 is 0 Å². The molecular formula is C3H7BrN4. The van der Waals surface area contributed by atoms with E-state index in [2.05, 4.69) is 15.5 Å². The normalized spacial score (nSPS) is 8.25. The van der Waals surface area contributed by atoms with Crippen molar-refractivity contribution < 1.29 is 0 Å². The SMILES string of the molecule is Br.Cc1nnnn1C. The smallest absolute Gasteiger partial charge is 0.147 e. The second kappa shape index (κ2) is 2.76. The molecule has 0 aromatic carbocycles. The minimum Gasteiger partial charge on any atom is -0.233 e. The van der Waals surface area contributed by atoms with E-state index < -0.39 is 0 Å². The number of hydrogen-bond acceptors (Lipinski definition) is 3. The summed E-state index contributed by atoms with van der Waals surface area (Å²) in [6.07, 6.45) is 0. The van der Waals surface area contributed by atoms with Crippen molar-refractivity contribution in [2.45, 2.75) is 6.92 Å². The number of hydrogen-bond donors (Lipinski definition) is 0. The lowest BCUT2D eigenvalue weighted by Gasteiger charge is -1.81. The Bertz CT molecular complexity index is 144. The van der Waals surface area contributed by atoms with Crippen molar-refractivity contribution in [1.29, 1.82) is 0 Å². The summed E-state index contributed by atoms with van der Waals surface area (Å²) in [6.45, 7) is 1.85. The van der Waals surface area contributed by atoms with Crippen LogP contribution in [0.4, 0.5) is 0 Å². The van der Waals surface area contributed by atoms with Gasteiger partial charge in [-0.25, -0.2) is 4.68 Å². The summed E-state index contributed by atoms with van der Waals surface area (Å²) in [7, 11) is 1.80. The molecule has 0 saturated carbocycles. The monoisotopic (exact) mass is 178 g/mol. The maximum Gasteiger partial charge on any atom is 0.147 e. The molecule has 4 nitrogen and oxygen atoms in total. The molecular weight excluding hydrogens is 172 g/mol. The molecule has 0 amide bonds. The van der Waals surface area contributed by atoms with Crippen LogP contribution < -0.4 is 0 Å². The van der Waals surface area contributed by atoms with Crippen LogP contribution in [0.5, 0.6) is 0 Å². The Hall–Kier alpha value is -0.450. The lowest BCUT2D eigenvalue weighted by molar-refractivity contribution is 0.695. The van der Waals surface area contributed by atoms with E-state index in [0.717, 1.165) is 5.82 Å². The first-order chi connectivity index (χ1) is 3.30. The number of halogens is 1. The first kappa shape index (κ1) is 7.55. The highest BCUT2D eigenvalue weighted by Gasteiger charge is 1.87. The summed E-state index contributed by atoms with van der Waals surface area (Å²) >= 11 is 0. The quantitative estimate of drug-likeness (QED) is 0.567. The van der Waals surface area contributed by atoms with Gasteiger partial charge < -0.3 is 0 Å². The average Bonchev–Trinajstić information content (AvgIpc) is 1.91. The number of rotatable bonds is 0. The number of aryl methyl sites for hydroxylation is 2. The van der Waals surface area contributed by atoms with E-state index in [-0.39, 0.29) is 17.0 Å². The molecule has 46 valence electrons. The molecule has 0 aliphatic rings. The van der Waals surface area contributed by atoms with Crippen molar-refractivity contribution in [2.24, 2.45) is 7.05 Å². The summed E-state index contributed by atoms with van der Waals surface area (Å²) in [6, 6.07) is 0. The van der Waals surface area contributed by atoms with Crippen LogP contribution >= 0.6 is 17.0 Å². The Morgan fingerprint density at radius 1 is 1.50 bits per heavy atom. The Balaban J connectivity index is 0.000000490. The van der Waals surface area contributed by atoms with E-state index in [4.69, 9.17) is 0 Å². The van der Waals surface area contributed by atoms with Crippen LogP contribution in [0, 0.1) is 6.92 Å². The molecule has 1 aromatic heterocycles. The molecule has 0 saturated heterocycles. The molecule has 0 radical (unpaired) electrons. The highest BCUT2D eigenvalue weighted by atomic mass is 79.9. The molecule has 8 heavy (non-hydrogen) atoms. The lowest BCUT2D eigenvalue weighted by atomic mass is 10.7. The predicted molar refractivity (Wildman–Crippen MR) is 33.9 cm³/mol. The zero-order chi connectivity index (χ0) is 5.28. The Kier molecular flexibility index (Phi) is 2.60. The summed E-state index contributed by atoms with van der Waals surface area (Å²) in [4.78, 5) is 0. The molecule has 0 aliphatic heterocycles. The van der Waals surface area contributed by atoms with Crippen molar-refractivity contribution in [3.8, 4) is 0 Å². The van der Waals surface area contributed by atoms with Gasteiger partial charge in [-0.05, 0) is 17.4 Å². The second-order valence-corrected chi connectivity index (χ2v) is 1.35. The zero-order valence-electron chi connectivity index (χ0n) is 4.70. The number of nitrogens with zero attached hydrogens (tertiary/aromatic N) is 4. The van der Waals surface area contributed by atoms with E-state index in [0.29, 0.717) is 0 Å². The van der Waals surface area contributed by atoms with Gasteiger partial charge in [0.1, 0.15) is 5.82 Å². The van der Waals surface area contributed by atoms with Crippen molar-refractivity contribution in [3.05, 3.63) is 5.82 Å². The first-order valence-electron chi connectivity index (χ1n) is 1.99. The fourth-order valence-corrected chi connectivity index (χ4v) is 0.274. The molecule has 1 rings (SSSR count). The first-order valence-corrected chi connectivity index (χ1v) is 1.99. The van der Waals surface area contributed by atoms with Crippen molar-refractivity contribution >= 4 is 17.0 Å². The van der Waals surface area contributed by atoms with Gasteiger partial charge in [-0.2, -0.15) is 0 Å².